The molecule has 1 aliphatic rings. The minimum atomic E-state index is 0.682. The first-order valence-electron chi connectivity index (χ1n) is 7.53. The van der Waals surface area contributed by atoms with Crippen LogP contribution in [-0.2, 0) is 0 Å². The number of hydrogen-bond acceptors (Lipinski definition) is 2. The Balaban J connectivity index is 2.02. The van der Waals surface area contributed by atoms with Gasteiger partial charge in [-0.15, -0.1) is 0 Å². The van der Waals surface area contributed by atoms with Gasteiger partial charge in [0.25, 0.3) is 0 Å². The van der Waals surface area contributed by atoms with Crippen LogP contribution in [0.3, 0.4) is 0 Å². The molecule has 0 aromatic rings. The summed E-state index contributed by atoms with van der Waals surface area (Å²) < 4.78 is 0. The van der Waals surface area contributed by atoms with Gasteiger partial charge >= 0.3 is 0 Å². The Kier molecular flexibility index (Phi) is 7.14. The van der Waals surface area contributed by atoms with E-state index in [9.17, 15) is 0 Å². The number of likely N-dealkylation sites (tertiary alicyclic amines) is 1. The highest BCUT2D eigenvalue weighted by atomic mass is 15.1. The number of rotatable bonds is 7. The van der Waals surface area contributed by atoms with Crippen LogP contribution in [0.25, 0.3) is 0 Å². The molecule has 1 aliphatic heterocycles. The minimum absolute atomic E-state index is 0.682. The summed E-state index contributed by atoms with van der Waals surface area (Å²) in [5, 5.41) is 3.31. The van der Waals surface area contributed by atoms with E-state index in [1.807, 2.05) is 0 Å². The zero-order valence-corrected chi connectivity index (χ0v) is 12.3. The number of nitrogens with one attached hydrogen (secondary N) is 1. The number of piperidine rings is 1. The van der Waals surface area contributed by atoms with Crippen molar-refractivity contribution in [1.82, 2.24) is 10.2 Å². The molecule has 0 spiro atoms. The first-order chi connectivity index (χ1) is 8.13. The van der Waals surface area contributed by atoms with E-state index in [2.05, 4.69) is 38.0 Å². The lowest BCUT2D eigenvalue weighted by atomic mass is 9.87. The van der Waals surface area contributed by atoms with Crippen LogP contribution in [0.5, 0.6) is 0 Å². The Morgan fingerprint density at radius 2 is 1.76 bits per heavy atom. The van der Waals surface area contributed by atoms with Crippen molar-refractivity contribution in [2.24, 2.45) is 11.8 Å². The summed E-state index contributed by atoms with van der Waals surface area (Å²) in [6, 6.07) is 0.682. The Labute approximate surface area is 108 Å². The van der Waals surface area contributed by atoms with Crippen LogP contribution < -0.4 is 5.32 Å². The van der Waals surface area contributed by atoms with Gasteiger partial charge in [-0.2, -0.15) is 0 Å². The molecule has 1 heterocycles. The molecule has 1 saturated heterocycles. The summed E-state index contributed by atoms with van der Waals surface area (Å²) in [5.41, 5.74) is 0. The van der Waals surface area contributed by atoms with Gasteiger partial charge in [-0.05, 0) is 71.1 Å². The van der Waals surface area contributed by atoms with Crippen molar-refractivity contribution >= 4 is 0 Å². The van der Waals surface area contributed by atoms with E-state index in [-0.39, 0.29) is 0 Å². The summed E-state index contributed by atoms with van der Waals surface area (Å²) in [7, 11) is 2.06. The maximum atomic E-state index is 3.31. The fourth-order valence-corrected chi connectivity index (χ4v) is 2.77. The first kappa shape index (κ1) is 15.0. The van der Waals surface area contributed by atoms with E-state index in [1.54, 1.807) is 0 Å². The van der Waals surface area contributed by atoms with Crippen LogP contribution in [0.4, 0.5) is 0 Å². The molecule has 0 bridgehead atoms. The van der Waals surface area contributed by atoms with Gasteiger partial charge in [0.1, 0.15) is 0 Å². The summed E-state index contributed by atoms with van der Waals surface area (Å²) in [6.45, 7) is 11.0. The Morgan fingerprint density at radius 1 is 1.12 bits per heavy atom. The molecule has 0 aromatic carbocycles. The van der Waals surface area contributed by atoms with Crippen LogP contribution in [0, 0.1) is 11.8 Å². The number of hydrogen-bond donors (Lipinski definition) is 1. The number of unbranched alkanes of at least 4 members (excludes halogenated alkanes) is 1. The van der Waals surface area contributed by atoms with Crippen molar-refractivity contribution < 1.29 is 0 Å². The lowest BCUT2D eigenvalue weighted by Crippen LogP contribution is -2.35. The molecule has 0 saturated carbocycles. The van der Waals surface area contributed by atoms with Gasteiger partial charge in [-0.1, -0.05) is 20.3 Å². The van der Waals surface area contributed by atoms with Crippen LogP contribution in [0.1, 0.15) is 52.9 Å². The summed E-state index contributed by atoms with van der Waals surface area (Å²) in [4.78, 5) is 2.67. The lowest BCUT2D eigenvalue weighted by Gasteiger charge is -2.33. The fourth-order valence-electron chi connectivity index (χ4n) is 2.77. The molecule has 0 aromatic heterocycles. The molecule has 2 heteroatoms. The van der Waals surface area contributed by atoms with Crippen molar-refractivity contribution in [1.29, 1.82) is 0 Å². The Hall–Kier alpha value is -0.0800. The minimum Gasteiger partial charge on any atom is -0.317 e. The lowest BCUT2D eigenvalue weighted by molar-refractivity contribution is 0.155. The smallest absolute Gasteiger partial charge is 0.00357 e. The van der Waals surface area contributed by atoms with Gasteiger partial charge in [0, 0.05) is 6.04 Å². The SMILES string of the molecule is CNC(C)CCCCN1CCC(C(C)C)CC1. The highest BCUT2D eigenvalue weighted by Gasteiger charge is 2.20. The predicted molar refractivity (Wildman–Crippen MR) is 76.4 cm³/mol. The largest absolute Gasteiger partial charge is 0.317 e. The van der Waals surface area contributed by atoms with Crippen molar-refractivity contribution in [3.8, 4) is 0 Å². The van der Waals surface area contributed by atoms with E-state index in [0.29, 0.717) is 6.04 Å². The second kappa shape index (κ2) is 8.10. The average Bonchev–Trinajstić information content (AvgIpc) is 2.34. The van der Waals surface area contributed by atoms with Crippen LogP contribution in [0.15, 0.2) is 0 Å². The van der Waals surface area contributed by atoms with Crippen molar-refractivity contribution in [3.05, 3.63) is 0 Å². The molecule has 0 amide bonds. The Morgan fingerprint density at radius 3 is 2.29 bits per heavy atom. The molecule has 1 fully saturated rings. The van der Waals surface area contributed by atoms with E-state index in [0.717, 1.165) is 11.8 Å². The predicted octanol–water partition coefficient (Wildman–Crippen LogP) is 3.13. The zero-order valence-electron chi connectivity index (χ0n) is 12.3. The highest BCUT2D eigenvalue weighted by molar-refractivity contribution is 4.74. The third-order valence-corrected chi connectivity index (χ3v) is 4.43. The molecule has 0 aliphatic carbocycles. The average molecular weight is 240 g/mol. The maximum absolute atomic E-state index is 3.31. The van der Waals surface area contributed by atoms with Crippen molar-refractivity contribution in [2.45, 2.75) is 58.9 Å². The molecule has 17 heavy (non-hydrogen) atoms. The highest BCUT2D eigenvalue weighted by Crippen LogP contribution is 2.24. The molecule has 2 nitrogen and oxygen atoms in total. The van der Waals surface area contributed by atoms with Crippen LogP contribution in [-0.4, -0.2) is 37.6 Å². The standard InChI is InChI=1S/C15H32N2/c1-13(2)15-8-11-17(12-9-15)10-6-5-7-14(3)16-4/h13-16H,5-12H2,1-4H3. The van der Waals surface area contributed by atoms with Crippen molar-refractivity contribution in [2.75, 3.05) is 26.7 Å². The van der Waals surface area contributed by atoms with Gasteiger partial charge in [-0.25, -0.2) is 0 Å². The van der Waals surface area contributed by atoms with Gasteiger partial charge < -0.3 is 10.2 Å². The fraction of sp³-hybridized carbons (Fsp3) is 1.00. The maximum Gasteiger partial charge on any atom is 0.00357 e. The molecule has 1 unspecified atom stereocenters. The summed E-state index contributed by atoms with van der Waals surface area (Å²) in [6.07, 6.45) is 6.90. The van der Waals surface area contributed by atoms with E-state index in [1.165, 1.54) is 51.7 Å². The normalized spacial score (nSPS) is 21.0. The molecule has 102 valence electrons. The second-order valence-electron chi connectivity index (χ2n) is 6.11. The molecular formula is C15H32N2. The van der Waals surface area contributed by atoms with Crippen molar-refractivity contribution in [3.63, 3.8) is 0 Å². The Bertz CT molecular complexity index is 183. The molecule has 1 rings (SSSR count). The molecular weight excluding hydrogens is 208 g/mol. The second-order valence-corrected chi connectivity index (χ2v) is 6.11. The van der Waals surface area contributed by atoms with E-state index >= 15 is 0 Å². The third-order valence-electron chi connectivity index (χ3n) is 4.43. The molecule has 1 N–H and O–H groups in total. The van der Waals surface area contributed by atoms with Crippen LogP contribution >= 0.6 is 0 Å². The monoisotopic (exact) mass is 240 g/mol. The summed E-state index contributed by atoms with van der Waals surface area (Å²) in [5.74, 6) is 1.86. The van der Waals surface area contributed by atoms with Gasteiger partial charge in [-0.3, -0.25) is 0 Å². The van der Waals surface area contributed by atoms with Gasteiger partial charge in [0.05, 0.1) is 0 Å². The zero-order chi connectivity index (χ0) is 12.7. The first-order valence-corrected chi connectivity index (χ1v) is 7.53. The quantitative estimate of drug-likeness (QED) is 0.688. The summed E-state index contributed by atoms with van der Waals surface area (Å²) >= 11 is 0. The molecule has 1 atom stereocenters. The van der Waals surface area contributed by atoms with Crippen LogP contribution in [0.2, 0.25) is 0 Å². The topological polar surface area (TPSA) is 15.3 Å². The number of nitrogens with zero attached hydrogens (tertiary/aromatic N) is 1. The van der Waals surface area contributed by atoms with Gasteiger partial charge in [0.15, 0.2) is 0 Å². The molecule has 0 radical (unpaired) electrons. The van der Waals surface area contributed by atoms with E-state index in [4.69, 9.17) is 0 Å². The van der Waals surface area contributed by atoms with Gasteiger partial charge in [0.2, 0.25) is 0 Å². The third kappa shape index (κ3) is 5.87. The van der Waals surface area contributed by atoms with E-state index < -0.39 is 0 Å².